The summed E-state index contributed by atoms with van der Waals surface area (Å²) in [6.45, 7) is 0. The second kappa shape index (κ2) is 23.2. The van der Waals surface area contributed by atoms with Crippen LogP contribution in [-0.2, 0) is 73.7 Å². The first-order chi connectivity index (χ1) is 12.8. The van der Waals surface area contributed by atoms with Crippen molar-refractivity contribution in [2.24, 2.45) is 0 Å². The summed E-state index contributed by atoms with van der Waals surface area (Å²) < 4.78 is 146. The molecular formula is H5AlMgO25S5. The van der Waals surface area contributed by atoms with E-state index in [-0.39, 0.29) is 40.4 Å². The van der Waals surface area contributed by atoms with Gasteiger partial charge in [0.25, 0.3) is 0 Å². The van der Waals surface area contributed by atoms with Gasteiger partial charge in [-0.2, -0.15) is 0 Å². The molecule has 5 N–H and O–H groups in total. The maximum atomic E-state index is 8.97. The van der Waals surface area contributed by atoms with E-state index in [1.165, 1.54) is 0 Å². The molecule has 0 fully saturated rings. The van der Waals surface area contributed by atoms with Gasteiger partial charge in [-0.25, -0.2) is 68.4 Å². The van der Waals surface area contributed by atoms with Gasteiger partial charge in [-0.1, -0.05) is 0 Å². The van der Waals surface area contributed by atoms with Crippen molar-refractivity contribution in [1.29, 1.82) is 0 Å². The maximum Gasteiger partial charge on any atom is 3.00 e. The predicted molar refractivity (Wildman–Crippen MR) is 78.6 cm³/mol. The van der Waals surface area contributed by atoms with Gasteiger partial charge in [-0.3, -0.25) is 0 Å². The first-order valence-corrected chi connectivity index (χ1v) is 10.9. The van der Waals surface area contributed by atoms with Gasteiger partial charge in [0.2, 0.25) is 52.0 Å². The minimum absolute atomic E-state index is 0. The van der Waals surface area contributed by atoms with Gasteiger partial charge >= 0.3 is 40.4 Å². The van der Waals surface area contributed by atoms with E-state index in [1.54, 1.807) is 0 Å². The molecule has 0 radical (unpaired) electrons. The second-order valence-electron chi connectivity index (χ2n) is 2.41. The summed E-state index contributed by atoms with van der Waals surface area (Å²) >= 11 is 0. The zero-order valence-electron chi connectivity index (χ0n) is 13.7. The number of hydrogen-bond acceptors (Lipinski definition) is 25. The molecule has 0 saturated carbocycles. The second-order valence-corrected chi connectivity index (χ2v) is 7.24. The Hall–Kier alpha value is 0.449. The van der Waals surface area contributed by atoms with Crippen LogP contribution in [0.5, 0.6) is 0 Å². The van der Waals surface area contributed by atoms with Crippen LogP contribution in [0.15, 0.2) is 0 Å². The molecule has 0 atom stereocenters. The summed E-state index contributed by atoms with van der Waals surface area (Å²) in [5.74, 6) is 0. The Balaban J connectivity index is -0.0000000481. The molecule has 32 heavy (non-hydrogen) atoms. The van der Waals surface area contributed by atoms with Crippen LogP contribution in [-0.4, -0.2) is 132 Å². The quantitative estimate of drug-likeness (QED) is 0.0630. The van der Waals surface area contributed by atoms with E-state index in [2.05, 4.69) is 21.7 Å². The molecule has 190 valence electrons. The van der Waals surface area contributed by atoms with Crippen molar-refractivity contribution in [1.82, 2.24) is 0 Å². The average Bonchev–Trinajstić information content (AvgIpc) is 2.54. The van der Waals surface area contributed by atoms with E-state index in [1.807, 2.05) is 0 Å². The van der Waals surface area contributed by atoms with E-state index < -0.39 is 52.0 Å². The average molecular weight is 617 g/mol. The number of hydrogen-bond donors (Lipinski definition) is 5. The normalized spacial score (nSPS) is 10.9. The molecule has 0 saturated heterocycles. The molecular weight excluding hydrogens is 612 g/mol. The Labute approximate surface area is 204 Å². The monoisotopic (exact) mass is 616 g/mol. The zero-order chi connectivity index (χ0) is 26.0. The maximum absolute atomic E-state index is 8.97. The van der Waals surface area contributed by atoms with Gasteiger partial charge in [0.1, 0.15) is 0 Å². The van der Waals surface area contributed by atoms with E-state index in [0.717, 1.165) is 0 Å². The molecule has 0 spiro atoms. The minimum Gasteiger partial charge on any atom is -0.724 e. The Morgan fingerprint density at radius 2 is 0.406 bits per heavy atom. The Bertz CT molecular complexity index is 728. The molecule has 0 aliphatic carbocycles. The van der Waals surface area contributed by atoms with Gasteiger partial charge in [-0.05, 0) is 0 Å². The van der Waals surface area contributed by atoms with Crippen molar-refractivity contribution in [3.63, 3.8) is 0 Å². The fourth-order valence-electron chi connectivity index (χ4n) is 0. The predicted octanol–water partition coefficient (Wildman–Crippen LogP) is -6.08. The summed E-state index contributed by atoms with van der Waals surface area (Å²) in [4.78, 5) is 0. The first kappa shape index (κ1) is 49.6. The van der Waals surface area contributed by atoms with Crippen molar-refractivity contribution in [3.8, 4) is 0 Å². The fourth-order valence-corrected chi connectivity index (χ4v) is 0. The molecule has 0 bridgehead atoms. The molecule has 0 aromatic heterocycles. The van der Waals surface area contributed by atoms with E-state index in [0.29, 0.717) is 0 Å². The third-order valence-electron chi connectivity index (χ3n) is 0.456. The number of rotatable bonds is 5. The van der Waals surface area contributed by atoms with Crippen molar-refractivity contribution in [2.75, 3.05) is 0 Å². The van der Waals surface area contributed by atoms with E-state index in [9.17, 15) is 0 Å². The van der Waals surface area contributed by atoms with Crippen molar-refractivity contribution >= 4 is 92.4 Å². The topological polar surface area (TPSA) is 433 Å². The van der Waals surface area contributed by atoms with Crippen LogP contribution < -0.4 is 0 Å². The van der Waals surface area contributed by atoms with Gasteiger partial charge in [0, 0.05) is 0 Å². The van der Waals surface area contributed by atoms with Gasteiger partial charge in [0.05, 0.1) is 0 Å². The largest absolute Gasteiger partial charge is 3.00 e. The third kappa shape index (κ3) is 111. The van der Waals surface area contributed by atoms with Crippen LogP contribution >= 0.6 is 0 Å². The molecule has 0 amide bonds. The Kier molecular flexibility index (Phi) is 35.9. The zero-order valence-corrected chi connectivity index (χ0v) is 20.4. The van der Waals surface area contributed by atoms with Crippen LogP contribution in [0, 0.1) is 0 Å². The molecule has 0 aliphatic heterocycles. The van der Waals surface area contributed by atoms with Gasteiger partial charge in [-0.15, -0.1) is 21.7 Å². The molecule has 25 nitrogen and oxygen atoms in total. The SMILES string of the molecule is O=S(=O)([O-])OO.O=S(=O)([O-])OO.O=S(=O)([O-])OO.O=S(=O)([O-])OO.O=S(=O)([O-])OO.[Al+3].[Mg+2]. The summed E-state index contributed by atoms with van der Waals surface area (Å²) in [5.41, 5.74) is 0. The van der Waals surface area contributed by atoms with Crippen molar-refractivity contribution in [2.45, 2.75) is 0 Å². The van der Waals surface area contributed by atoms with Gasteiger partial charge in [0.15, 0.2) is 0 Å². The standard InChI is InChI=1S/Al.Mg.5H2O5S/c;;5*1-5-6(2,3)4/h;;5*1H,(H,2,3,4)/q+3;+2;;;;;/p-5. The van der Waals surface area contributed by atoms with Crippen LogP contribution in [0.2, 0.25) is 0 Å². The molecule has 0 aromatic carbocycles. The van der Waals surface area contributed by atoms with Crippen LogP contribution in [0.4, 0.5) is 0 Å². The van der Waals surface area contributed by atoms with Crippen LogP contribution in [0.3, 0.4) is 0 Å². The van der Waals surface area contributed by atoms with Crippen molar-refractivity contribution < 1.29 is 113 Å². The summed E-state index contributed by atoms with van der Waals surface area (Å²) in [7, 11) is -24.3. The Morgan fingerprint density at radius 3 is 0.406 bits per heavy atom. The smallest absolute Gasteiger partial charge is 0.724 e. The van der Waals surface area contributed by atoms with Crippen molar-refractivity contribution in [3.05, 3.63) is 0 Å². The van der Waals surface area contributed by atoms with E-state index >= 15 is 0 Å². The van der Waals surface area contributed by atoms with Crippen LogP contribution in [0.25, 0.3) is 0 Å². The molecule has 32 heteroatoms. The summed E-state index contributed by atoms with van der Waals surface area (Å²) in [6, 6.07) is 0. The first-order valence-electron chi connectivity index (χ1n) is 4.25. The minimum atomic E-state index is -4.86. The summed E-state index contributed by atoms with van der Waals surface area (Å²) in [6.07, 6.45) is 0. The molecule has 0 aromatic rings. The Morgan fingerprint density at radius 1 is 0.375 bits per heavy atom. The summed E-state index contributed by atoms with van der Waals surface area (Å²) in [5, 5.41) is 35.0. The molecule has 0 unspecified atom stereocenters. The van der Waals surface area contributed by atoms with E-state index in [4.69, 9.17) is 91.1 Å². The fraction of sp³-hybridized carbons (Fsp3) is 0. The molecule has 0 rings (SSSR count). The van der Waals surface area contributed by atoms with Crippen LogP contribution in [0.1, 0.15) is 0 Å². The van der Waals surface area contributed by atoms with Gasteiger partial charge < -0.3 is 22.8 Å². The molecule has 0 heterocycles. The molecule has 0 aliphatic rings. The third-order valence-corrected chi connectivity index (χ3v) is 1.37.